The van der Waals surface area contributed by atoms with Crippen molar-refractivity contribution in [2.45, 2.75) is 31.8 Å². The summed E-state index contributed by atoms with van der Waals surface area (Å²) in [6.45, 7) is 0.637. The van der Waals surface area contributed by atoms with E-state index in [-0.39, 0.29) is 36.9 Å². The Bertz CT molecular complexity index is 811. The van der Waals surface area contributed by atoms with E-state index in [9.17, 15) is 14.0 Å². The smallest absolute Gasteiger partial charge is 0.318 e. The van der Waals surface area contributed by atoms with Gasteiger partial charge in [0.2, 0.25) is 5.91 Å². The van der Waals surface area contributed by atoms with E-state index in [0.29, 0.717) is 18.5 Å². The Balaban J connectivity index is 1.48. The van der Waals surface area contributed by atoms with Crippen molar-refractivity contribution in [3.63, 3.8) is 0 Å². The lowest BCUT2D eigenvalue weighted by Crippen LogP contribution is -2.45. The van der Waals surface area contributed by atoms with Gasteiger partial charge in [-0.2, -0.15) is 0 Å². The number of likely N-dealkylation sites (N-methyl/N-ethyl adjacent to an activating group) is 1. The van der Waals surface area contributed by atoms with Crippen LogP contribution >= 0.6 is 0 Å². The fraction of sp³-hybridized carbons (Fsp3) is 0.381. The van der Waals surface area contributed by atoms with Gasteiger partial charge in [0.05, 0.1) is 13.1 Å². The van der Waals surface area contributed by atoms with Gasteiger partial charge in [-0.3, -0.25) is 9.78 Å². The Hall–Kier alpha value is -2.96. The number of pyridine rings is 1. The Labute approximate surface area is 164 Å². The molecular formula is C21H25FN4O2. The van der Waals surface area contributed by atoms with Crippen molar-refractivity contribution in [3.8, 4) is 0 Å². The first kappa shape index (κ1) is 19.8. The van der Waals surface area contributed by atoms with Crippen LogP contribution in [0.2, 0.25) is 0 Å². The van der Waals surface area contributed by atoms with E-state index in [1.54, 1.807) is 41.2 Å². The first-order valence-corrected chi connectivity index (χ1v) is 9.46. The predicted molar refractivity (Wildman–Crippen MR) is 104 cm³/mol. The first-order valence-electron chi connectivity index (χ1n) is 9.46. The van der Waals surface area contributed by atoms with Gasteiger partial charge in [0.1, 0.15) is 5.82 Å². The van der Waals surface area contributed by atoms with Gasteiger partial charge in [-0.25, -0.2) is 9.18 Å². The van der Waals surface area contributed by atoms with Crippen LogP contribution in [-0.2, 0) is 17.8 Å². The summed E-state index contributed by atoms with van der Waals surface area (Å²) in [5.41, 5.74) is 1.39. The van der Waals surface area contributed by atoms with Crippen LogP contribution in [0.25, 0.3) is 0 Å². The summed E-state index contributed by atoms with van der Waals surface area (Å²) in [5.74, 6) is -0.503. The minimum absolute atomic E-state index is 0.0853. The highest BCUT2D eigenvalue weighted by Gasteiger charge is 2.33. The second-order valence-corrected chi connectivity index (χ2v) is 7.00. The number of benzene rings is 1. The highest BCUT2D eigenvalue weighted by molar-refractivity contribution is 5.84. The molecule has 28 heavy (non-hydrogen) atoms. The molecule has 1 aromatic heterocycles. The zero-order valence-corrected chi connectivity index (χ0v) is 16.0. The fourth-order valence-corrected chi connectivity index (χ4v) is 2.90. The largest absolute Gasteiger partial charge is 0.344 e. The zero-order valence-electron chi connectivity index (χ0n) is 16.0. The lowest BCUT2D eigenvalue weighted by Gasteiger charge is -2.24. The molecule has 0 aliphatic heterocycles. The van der Waals surface area contributed by atoms with Gasteiger partial charge in [0, 0.05) is 43.5 Å². The first-order chi connectivity index (χ1) is 13.5. The molecule has 1 N–H and O–H groups in total. The maximum atomic E-state index is 13.9. The summed E-state index contributed by atoms with van der Waals surface area (Å²) in [6.07, 6.45) is 4.18. The molecule has 1 aromatic carbocycles. The Morgan fingerprint density at radius 1 is 1.18 bits per heavy atom. The van der Waals surface area contributed by atoms with Gasteiger partial charge in [-0.1, -0.05) is 24.3 Å². The fourth-order valence-electron chi connectivity index (χ4n) is 2.90. The number of halogens is 1. The third kappa shape index (κ3) is 5.52. The van der Waals surface area contributed by atoms with Crippen LogP contribution in [-0.4, -0.2) is 52.9 Å². The molecule has 0 atom stereocenters. The summed E-state index contributed by atoms with van der Waals surface area (Å²) in [4.78, 5) is 32.3. The van der Waals surface area contributed by atoms with Crippen molar-refractivity contribution >= 4 is 11.9 Å². The van der Waals surface area contributed by atoms with Crippen LogP contribution in [0.1, 0.15) is 24.1 Å². The molecule has 2 aromatic rings. The number of carbonyl (C=O) groups excluding carboxylic acids is 2. The summed E-state index contributed by atoms with van der Waals surface area (Å²) >= 11 is 0. The number of carbonyl (C=O) groups is 2. The molecule has 1 aliphatic carbocycles. The van der Waals surface area contributed by atoms with E-state index in [0.717, 1.165) is 18.5 Å². The van der Waals surface area contributed by atoms with Crippen LogP contribution < -0.4 is 5.32 Å². The number of urea groups is 1. The van der Waals surface area contributed by atoms with Gasteiger partial charge < -0.3 is 15.1 Å². The molecule has 1 fully saturated rings. The molecule has 3 amide bonds. The standard InChI is InChI=1S/C21H25FN4O2/c1-25(13-11-17-7-4-5-12-23-17)20(27)14-24-21(28)26(18-9-10-18)15-16-6-2-3-8-19(16)22/h2-8,12,18H,9-11,13-15H2,1H3,(H,24,28). The number of nitrogens with one attached hydrogen (secondary N) is 1. The van der Waals surface area contributed by atoms with E-state index >= 15 is 0 Å². The van der Waals surface area contributed by atoms with Crippen molar-refractivity contribution in [3.05, 3.63) is 65.7 Å². The maximum Gasteiger partial charge on any atom is 0.318 e. The third-order valence-electron chi connectivity index (χ3n) is 4.79. The van der Waals surface area contributed by atoms with Gasteiger partial charge in [0.15, 0.2) is 0 Å². The molecule has 0 unspecified atom stereocenters. The van der Waals surface area contributed by atoms with Crippen molar-refractivity contribution in [1.29, 1.82) is 0 Å². The number of rotatable bonds is 8. The van der Waals surface area contributed by atoms with Crippen LogP contribution in [0.3, 0.4) is 0 Å². The molecule has 0 saturated heterocycles. The zero-order chi connectivity index (χ0) is 19.9. The summed E-state index contributed by atoms with van der Waals surface area (Å²) in [7, 11) is 1.70. The number of amides is 3. The lowest BCUT2D eigenvalue weighted by molar-refractivity contribution is -0.128. The third-order valence-corrected chi connectivity index (χ3v) is 4.79. The quantitative estimate of drug-likeness (QED) is 0.761. The van der Waals surface area contributed by atoms with Crippen molar-refractivity contribution in [1.82, 2.24) is 20.1 Å². The Kier molecular flexibility index (Phi) is 6.57. The average molecular weight is 384 g/mol. The predicted octanol–water partition coefficient (Wildman–Crippen LogP) is 2.60. The molecule has 0 spiro atoms. The van der Waals surface area contributed by atoms with Gasteiger partial charge in [0.25, 0.3) is 0 Å². The summed E-state index contributed by atoms with van der Waals surface area (Å²) in [5, 5.41) is 2.68. The molecule has 7 heteroatoms. The number of hydrogen-bond donors (Lipinski definition) is 1. The van der Waals surface area contributed by atoms with Gasteiger partial charge in [-0.15, -0.1) is 0 Å². The minimum atomic E-state index is -0.336. The van der Waals surface area contributed by atoms with E-state index in [2.05, 4.69) is 10.3 Å². The topological polar surface area (TPSA) is 65.5 Å². The molecule has 1 aliphatic rings. The number of hydrogen-bond acceptors (Lipinski definition) is 3. The van der Waals surface area contributed by atoms with Gasteiger partial charge in [-0.05, 0) is 31.0 Å². The van der Waals surface area contributed by atoms with Crippen molar-refractivity contribution in [2.24, 2.45) is 0 Å². The lowest BCUT2D eigenvalue weighted by atomic mass is 10.2. The molecule has 0 bridgehead atoms. The van der Waals surface area contributed by atoms with Crippen LogP contribution in [0.4, 0.5) is 9.18 Å². The van der Waals surface area contributed by atoms with E-state index in [1.165, 1.54) is 6.07 Å². The molecule has 1 saturated carbocycles. The summed E-state index contributed by atoms with van der Waals surface area (Å²) < 4.78 is 13.9. The van der Waals surface area contributed by atoms with Crippen LogP contribution in [0.15, 0.2) is 48.7 Å². The van der Waals surface area contributed by atoms with Crippen molar-refractivity contribution in [2.75, 3.05) is 20.1 Å². The second-order valence-electron chi connectivity index (χ2n) is 7.00. The summed E-state index contributed by atoms with van der Waals surface area (Å²) in [6, 6.07) is 11.9. The SMILES string of the molecule is CN(CCc1ccccn1)C(=O)CNC(=O)N(Cc1ccccc1F)C1CC1. The highest BCUT2D eigenvalue weighted by atomic mass is 19.1. The molecule has 1 heterocycles. The highest BCUT2D eigenvalue weighted by Crippen LogP contribution is 2.28. The van der Waals surface area contributed by atoms with Crippen molar-refractivity contribution < 1.29 is 14.0 Å². The maximum absolute atomic E-state index is 13.9. The number of nitrogens with zero attached hydrogens (tertiary/aromatic N) is 3. The molecule has 3 rings (SSSR count). The molecule has 148 valence electrons. The normalized spacial score (nSPS) is 13.1. The Morgan fingerprint density at radius 2 is 1.93 bits per heavy atom. The van der Waals surface area contributed by atoms with Crippen LogP contribution in [0, 0.1) is 5.82 Å². The molecule has 0 radical (unpaired) electrons. The molecular weight excluding hydrogens is 359 g/mol. The second kappa shape index (κ2) is 9.30. The van der Waals surface area contributed by atoms with E-state index in [4.69, 9.17) is 0 Å². The monoisotopic (exact) mass is 384 g/mol. The van der Waals surface area contributed by atoms with E-state index in [1.807, 2.05) is 18.2 Å². The van der Waals surface area contributed by atoms with E-state index < -0.39 is 0 Å². The van der Waals surface area contributed by atoms with Gasteiger partial charge >= 0.3 is 6.03 Å². The minimum Gasteiger partial charge on any atom is -0.344 e. The average Bonchev–Trinajstić information content (AvgIpc) is 3.55. The Morgan fingerprint density at radius 3 is 2.61 bits per heavy atom. The molecule has 6 nitrogen and oxygen atoms in total. The number of aromatic nitrogens is 1. The van der Waals surface area contributed by atoms with Crippen LogP contribution in [0.5, 0.6) is 0 Å².